The number of carbonyl (C=O) groups excluding carboxylic acids is 2. The number of esters is 1. The van der Waals surface area contributed by atoms with E-state index in [-0.39, 0.29) is 5.75 Å². The molecule has 1 aliphatic rings. The molecule has 1 amide bonds. The fourth-order valence-electron chi connectivity index (χ4n) is 2.82. The topological polar surface area (TPSA) is 64.6 Å². The van der Waals surface area contributed by atoms with E-state index in [1.165, 1.54) is 19.2 Å². The van der Waals surface area contributed by atoms with Crippen LogP contribution in [0.3, 0.4) is 0 Å². The zero-order chi connectivity index (χ0) is 18.0. The Morgan fingerprint density at radius 3 is 2.80 bits per heavy atom. The third kappa shape index (κ3) is 3.47. The van der Waals surface area contributed by atoms with Gasteiger partial charge in [-0.3, -0.25) is 4.79 Å². The zero-order valence-electron chi connectivity index (χ0n) is 13.9. The van der Waals surface area contributed by atoms with Crippen LogP contribution in [0.15, 0.2) is 42.5 Å². The maximum atomic E-state index is 13.8. The number of benzene rings is 2. The average molecular weight is 343 g/mol. The molecule has 1 aliphatic heterocycles. The van der Waals surface area contributed by atoms with Crippen LogP contribution in [0.1, 0.15) is 34.5 Å². The minimum absolute atomic E-state index is 0.139. The summed E-state index contributed by atoms with van der Waals surface area (Å²) in [5.74, 6) is -1.28. The van der Waals surface area contributed by atoms with Gasteiger partial charge in [0.2, 0.25) is 0 Å². The average Bonchev–Trinajstić information content (AvgIpc) is 2.61. The molecule has 2 aromatic rings. The van der Waals surface area contributed by atoms with Crippen molar-refractivity contribution in [3.05, 3.63) is 65.0 Å². The highest BCUT2D eigenvalue weighted by Gasteiger charge is 2.31. The molecule has 0 saturated heterocycles. The maximum Gasteiger partial charge on any atom is 0.339 e. The molecular formula is C19H18FNO4. The highest BCUT2D eigenvalue weighted by atomic mass is 19.1. The van der Waals surface area contributed by atoms with Gasteiger partial charge >= 0.3 is 5.97 Å². The van der Waals surface area contributed by atoms with Gasteiger partial charge in [-0.1, -0.05) is 24.3 Å². The van der Waals surface area contributed by atoms with Crippen molar-refractivity contribution in [2.75, 3.05) is 7.11 Å². The highest BCUT2D eigenvalue weighted by molar-refractivity contribution is 5.95. The Hall–Kier alpha value is -2.89. The molecule has 2 atom stereocenters. The summed E-state index contributed by atoms with van der Waals surface area (Å²) >= 11 is 0. The summed E-state index contributed by atoms with van der Waals surface area (Å²) in [5.41, 5.74) is 1.85. The standard InChI is InChI=1S/C19H18FNO4/c1-11(12-7-8-16(24-2)15(20)9-12)21-18(22)17-10-13-5-3-4-6-14(13)19(23)25-17/h3-9,11,17H,10H2,1-2H3,(H,21,22). The van der Waals surface area contributed by atoms with Gasteiger partial charge in [-0.05, 0) is 36.2 Å². The molecule has 0 aliphatic carbocycles. The molecular weight excluding hydrogens is 325 g/mol. The number of carbonyl (C=O) groups is 2. The van der Waals surface area contributed by atoms with E-state index in [4.69, 9.17) is 9.47 Å². The number of hydrogen-bond acceptors (Lipinski definition) is 4. The Kier molecular flexibility index (Phi) is 4.70. The predicted octanol–water partition coefficient (Wildman–Crippen LogP) is 2.79. The molecule has 2 aromatic carbocycles. The Bertz CT molecular complexity index is 821. The summed E-state index contributed by atoms with van der Waals surface area (Å²) in [6.45, 7) is 1.73. The molecule has 130 valence electrons. The fraction of sp³-hybridized carbons (Fsp3) is 0.263. The molecule has 0 spiro atoms. The summed E-state index contributed by atoms with van der Waals surface area (Å²) in [6.07, 6.45) is -0.579. The first kappa shape index (κ1) is 17.0. The molecule has 0 aromatic heterocycles. The van der Waals surface area contributed by atoms with Crippen molar-refractivity contribution in [1.29, 1.82) is 0 Å². The molecule has 5 nitrogen and oxygen atoms in total. The van der Waals surface area contributed by atoms with Crippen LogP contribution in [0.4, 0.5) is 4.39 Å². The normalized spacial score (nSPS) is 17.2. The van der Waals surface area contributed by atoms with E-state index in [2.05, 4.69) is 5.32 Å². The number of ether oxygens (including phenoxy) is 2. The van der Waals surface area contributed by atoms with Gasteiger partial charge in [0, 0.05) is 6.42 Å². The molecule has 0 saturated carbocycles. The SMILES string of the molecule is COc1ccc(C(C)NC(=O)C2Cc3ccccc3C(=O)O2)cc1F. The Morgan fingerprint density at radius 1 is 1.32 bits per heavy atom. The smallest absolute Gasteiger partial charge is 0.339 e. The number of halogens is 1. The minimum Gasteiger partial charge on any atom is -0.494 e. The van der Waals surface area contributed by atoms with Crippen LogP contribution in [0.25, 0.3) is 0 Å². The van der Waals surface area contributed by atoms with E-state index in [1.54, 1.807) is 31.2 Å². The second kappa shape index (κ2) is 6.93. The van der Waals surface area contributed by atoms with E-state index in [0.29, 0.717) is 17.5 Å². The lowest BCUT2D eigenvalue weighted by atomic mass is 9.98. The van der Waals surface area contributed by atoms with E-state index in [0.717, 1.165) is 5.56 Å². The van der Waals surface area contributed by atoms with Crippen LogP contribution in [-0.4, -0.2) is 25.1 Å². The number of hydrogen-bond donors (Lipinski definition) is 1. The number of amides is 1. The summed E-state index contributed by atoms with van der Waals surface area (Å²) < 4.78 is 23.9. The quantitative estimate of drug-likeness (QED) is 0.867. The fourth-order valence-corrected chi connectivity index (χ4v) is 2.82. The van der Waals surface area contributed by atoms with Crippen LogP contribution in [-0.2, 0) is 16.0 Å². The van der Waals surface area contributed by atoms with Crippen LogP contribution < -0.4 is 10.1 Å². The number of cyclic esters (lactones) is 1. The molecule has 0 bridgehead atoms. The molecule has 2 unspecified atom stereocenters. The van der Waals surface area contributed by atoms with Gasteiger partial charge in [0.05, 0.1) is 18.7 Å². The Labute approximate surface area is 144 Å². The highest BCUT2D eigenvalue weighted by Crippen LogP contribution is 2.23. The largest absolute Gasteiger partial charge is 0.494 e. The number of methoxy groups -OCH3 is 1. The third-order valence-electron chi connectivity index (χ3n) is 4.22. The van der Waals surface area contributed by atoms with Crippen LogP contribution >= 0.6 is 0 Å². The monoisotopic (exact) mass is 343 g/mol. The number of fused-ring (bicyclic) bond motifs is 1. The van der Waals surface area contributed by atoms with E-state index >= 15 is 0 Å². The van der Waals surface area contributed by atoms with Crippen molar-refractivity contribution < 1.29 is 23.5 Å². The Balaban J connectivity index is 1.70. The summed E-state index contributed by atoms with van der Waals surface area (Å²) in [6, 6.07) is 11.1. The van der Waals surface area contributed by atoms with Crippen molar-refractivity contribution in [3.63, 3.8) is 0 Å². The summed E-state index contributed by atoms with van der Waals surface area (Å²) in [7, 11) is 1.39. The number of rotatable bonds is 4. The first-order valence-electron chi connectivity index (χ1n) is 7.92. The van der Waals surface area contributed by atoms with Gasteiger partial charge in [0.1, 0.15) is 0 Å². The van der Waals surface area contributed by atoms with Crippen LogP contribution in [0.5, 0.6) is 5.75 Å². The van der Waals surface area contributed by atoms with Crippen molar-refractivity contribution in [3.8, 4) is 5.75 Å². The number of nitrogens with one attached hydrogen (secondary N) is 1. The van der Waals surface area contributed by atoms with Crippen molar-refractivity contribution in [2.24, 2.45) is 0 Å². The molecule has 0 radical (unpaired) electrons. The lowest BCUT2D eigenvalue weighted by Crippen LogP contribution is -2.42. The first-order valence-corrected chi connectivity index (χ1v) is 7.92. The Morgan fingerprint density at radius 2 is 2.08 bits per heavy atom. The van der Waals surface area contributed by atoms with Gasteiger partial charge in [0.25, 0.3) is 5.91 Å². The lowest BCUT2D eigenvalue weighted by molar-refractivity contribution is -0.131. The second-order valence-corrected chi connectivity index (χ2v) is 5.88. The minimum atomic E-state index is -0.895. The first-order chi connectivity index (χ1) is 12.0. The summed E-state index contributed by atoms with van der Waals surface area (Å²) in [4.78, 5) is 24.4. The van der Waals surface area contributed by atoms with E-state index in [9.17, 15) is 14.0 Å². The zero-order valence-corrected chi connectivity index (χ0v) is 13.9. The van der Waals surface area contributed by atoms with Gasteiger partial charge in [0.15, 0.2) is 17.7 Å². The molecule has 1 N–H and O–H groups in total. The van der Waals surface area contributed by atoms with Gasteiger partial charge in [-0.25, -0.2) is 9.18 Å². The summed E-state index contributed by atoms with van der Waals surface area (Å²) in [5, 5.41) is 2.76. The molecule has 6 heteroatoms. The second-order valence-electron chi connectivity index (χ2n) is 5.88. The van der Waals surface area contributed by atoms with E-state index < -0.39 is 29.8 Å². The van der Waals surface area contributed by atoms with Crippen LogP contribution in [0.2, 0.25) is 0 Å². The predicted molar refractivity (Wildman–Crippen MR) is 88.9 cm³/mol. The van der Waals surface area contributed by atoms with E-state index in [1.807, 2.05) is 6.07 Å². The van der Waals surface area contributed by atoms with Crippen LogP contribution in [0, 0.1) is 5.82 Å². The van der Waals surface area contributed by atoms with Crippen molar-refractivity contribution in [1.82, 2.24) is 5.32 Å². The van der Waals surface area contributed by atoms with Gasteiger partial charge in [-0.15, -0.1) is 0 Å². The third-order valence-corrected chi connectivity index (χ3v) is 4.22. The lowest BCUT2D eigenvalue weighted by Gasteiger charge is -2.25. The van der Waals surface area contributed by atoms with Gasteiger partial charge in [-0.2, -0.15) is 0 Å². The molecule has 3 rings (SSSR count). The maximum absolute atomic E-state index is 13.8. The van der Waals surface area contributed by atoms with Crippen molar-refractivity contribution >= 4 is 11.9 Å². The molecule has 25 heavy (non-hydrogen) atoms. The molecule has 1 heterocycles. The molecule has 0 fully saturated rings. The van der Waals surface area contributed by atoms with Gasteiger partial charge < -0.3 is 14.8 Å². The van der Waals surface area contributed by atoms with Crippen molar-refractivity contribution in [2.45, 2.75) is 25.5 Å².